The number of morpholine rings is 1. The molecule has 0 amide bonds. The largest absolute Gasteiger partial charge is 0.480 e. The van der Waals surface area contributed by atoms with Crippen LogP contribution in [0.15, 0.2) is 24.5 Å². The first-order valence-corrected chi connectivity index (χ1v) is 6.69. The predicted molar refractivity (Wildman–Crippen MR) is 72.9 cm³/mol. The lowest BCUT2D eigenvalue weighted by Gasteiger charge is -2.32. The Balaban J connectivity index is 1.82. The second-order valence-electron chi connectivity index (χ2n) is 4.74. The van der Waals surface area contributed by atoms with Gasteiger partial charge in [0.25, 0.3) is 0 Å². The number of aromatic nitrogens is 2. The fourth-order valence-corrected chi connectivity index (χ4v) is 2.52. The fraction of sp³-hybridized carbons (Fsp3) is 0.385. The Kier molecular flexibility index (Phi) is 3.60. The molecule has 0 bridgehead atoms. The zero-order valence-corrected chi connectivity index (χ0v) is 11.5. The molecule has 0 saturated carbocycles. The van der Waals surface area contributed by atoms with E-state index in [2.05, 4.69) is 4.98 Å². The van der Waals surface area contributed by atoms with Gasteiger partial charge in [-0.3, -0.25) is 9.69 Å². The molecule has 0 aliphatic carbocycles. The molecule has 106 valence electrons. The maximum atomic E-state index is 11.2. The van der Waals surface area contributed by atoms with Gasteiger partial charge in [-0.25, -0.2) is 4.98 Å². The minimum atomic E-state index is -0.864. The Labute approximate surface area is 120 Å². The van der Waals surface area contributed by atoms with Crippen LogP contribution in [0.4, 0.5) is 0 Å². The van der Waals surface area contributed by atoms with Crippen molar-refractivity contribution in [3.05, 3.63) is 35.2 Å². The van der Waals surface area contributed by atoms with Crippen LogP contribution in [0.3, 0.4) is 0 Å². The highest BCUT2D eigenvalue weighted by Crippen LogP contribution is 2.15. The standard InChI is InChI=1S/C13H14ClN3O3/c14-9-1-2-12-15-10(7-17(12)5-9)6-16-3-4-20-8-11(16)13(18)19/h1-2,5,7,11H,3-4,6,8H2,(H,18,19). The Bertz CT molecular complexity index is 643. The minimum absolute atomic E-state index is 0.217. The molecular formula is C13H14ClN3O3. The van der Waals surface area contributed by atoms with Crippen molar-refractivity contribution in [3.8, 4) is 0 Å². The molecule has 1 aliphatic heterocycles. The van der Waals surface area contributed by atoms with Crippen molar-refractivity contribution < 1.29 is 14.6 Å². The summed E-state index contributed by atoms with van der Waals surface area (Å²) >= 11 is 5.93. The molecule has 1 aliphatic rings. The van der Waals surface area contributed by atoms with E-state index in [0.717, 1.165) is 11.3 Å². The van der Waals surface area contributed by atoms with Crippen LogP contribution in [-0.4, -0.2) is 51.2 Å². The zero-order valence-electron chi connectivity index (χ0n) is 10.7. The van der Waals surface area contributed by atoms with E-state index in [-0.39, 0.29) is 6.61 Å². The van der Waals surface area contributed by atoms with E-state index >= 15 is 0 Å². The third-order valence-electron chi connectivity index (χ3n) is 3.35. The third-order valence-corrected chi connectivity index (χ3v) is 3.58. The Hall–Kier alpha value is -1.63. The fourth-order valence-electron chi connectivity index (χ4n) is 2.36. The number of pyridine rings is 1. The van der Waals surface area contributed by atoms with Crippen molar-refractivity contribution in [2.24, 2.45) is 0 Å². The van der Waals surface area contributed by atoms with E-state index in [0.29, 0.717) is 24.7 Å². The molecule has 1 atom stereocenters. The van der Waals surface area contributed by atoms with Crippen LogP contribution in [0.25, 0.3) is 5.65 Å². The summed E-state index contributed by atoms with van der Waals surface area (Å²) in [5.74, 6) is -0.864. The lowest BCUT2D eigenvalue weighted by molar-refractivity contribution is -0.150. The van der Waals surface area contributed by atoms with E-state index in [1.807, 2.05) is 21.6 Å². The number of nitrogens with zero attached hydrogens (tertiary/aromatic N) is 3. The topological polar surface area (TPSA) is 67.1 Å². The normalized spacial score (nSPS) is 20.4. The average Bonchev–Trinajstić information content (AvgIpc) is 2.80. The highest BCUT2D eigenvalue weighted by molar-refractivity contribution is 6.30. The summed E-state index contributed by atoms with van der Waals surface area (Å²) in [4.78, 5) is 17.5. The molecule has 0 radical (unpaired) electrons. The van der Waals surface area contributed by atoms with Gasteiger partial charge in [0, 0.05) is 25.5 Å². The molecule has 3 heterocycles. The molecule has 1 saturated heterocycles. The van der Waals surface area contributed by atoms with Crippen molar-refractivity contribution in [2.75, 3.05) is 19.8 Å². The lowest BCUT2D eigenvalue weighted by atomic mass is 10.2. The predicted octanol–water partition coefficient (Wildman–Crippen LogP) is 1.27. The summed E-state index contributed by atoms with van der Waals surface area (Å²) in [6, 6.07) is 3.00. The Morgan fingerprint density at radius 3 is 3.15 bits per heavy atom. The SMILES string of the molecule is O=C(O)C1COCCN1Cc1cn2cc(Cl)ccc2n1. The summed E-state index contributed by atoms with van der Waals surface area (Å²) in [7, 11) is 0. The number of carboxylic acids is 1. The van der Waals surface area contributed by atoms with E-state index < -0.39 is 12.0 Å². The van der Waals surface area contributed by atoms with Gasteiger partial charge in [0.2, 0.25) is 0 Å². The van der Waals surface area contributed by atoms with Crippen molar-refractivity contribution in [1.82, 2.24) is 14.3 Å². The van der Waals surface area contributed by atoms with Gasteiger partial charge >= 0.3 is 5.97 Å². The van der Waals surface area contributed by atoms with Gasteiger partial charge in [0.1, 0.15) is 11.7 Å². The van der Waals surface area contributed by atoms with Crippen molar-refractivity contribution in [3.63, 3.8) is 0 Å². The quantitative estimate of drug-likeness (QED) is 0.924. The number of imidazole rings is 1. The molecule has 0 spiro atoms. The van der Waals surface area contributed by atoms with Crippen molar-refractivity contribution >= 4 is 23.2 Å². The number of ether oxygens (including phenoxy) is 1. The van der Waals surface area contributed by atoms with Crippen LogP contribution >= 0.6 is 11.6 Å². The summed E-state index contributed by atoms with van der Waals surface area (Å²) < 4.78 is 7.06. The highest BCUT2D eigenvalue weighted by Gasteiger charge is 2.29. The van der Waals surface area contributed by atoms with Crippen LogP contribution in [0.2, 0.25) is 5.02 Å². The second-order valence-corrected chi connectivity index (χ2v) is 5.18. The average molecular weight is 296 g/mol. The number of aliphatic carboxylic acids is 1. The van der Waals surface area contributed by atoms with Crippen molar-refractivity contribution in [2.45, 2.75) is 12.6 Å². The zero-order chi connectivity index (χ0) is 14.1. The molecule has 2 aromatic heterocycles. The van der Waals surface area contributed by atoms with E-state index in [4.69, 9.17) is 16.3 Å². The number of hydrogen-bond donors (Lipinski definition) is 1. The second kappa shape index (κ2) is 5.40. The van der Waals surface area contributed by atoms with Gasteiger partial charge in [-0.15, -0.1) is 0 Å². The van der Waals surface area contributed by atoms with Gasteiger partial charge in [0.05, 0.1) is 23.9 Å². The molecule has 1 unspecified atom stereocenters. The first kappa shape index (κ1) is 13.4. The van der Waals surface area contributed by atoms with E-state index in [1.165, 1.54) is 0 Å². The molecule has 3 rings (SSSR count). The molecule has 1 N–H and O–H groups in total. The Morgan fingerprint density at radius 1 is 1.50 bits per heavy atom. The molecule has 20 heavy (non-hydrogen) atoms. The first-order valence-electron chi connectivity index (χ1n) is 6.31. The number of carboxylic acid groups (broad SMARTS) is 1. The van der Waals surface area contributed by atoms with Gasteiger partial charge in [-0.1, -0.05) is 11.6 Å². The van der Waals surface area contributed by atoms with Gasteiger partial charge in [-0.2, -0.15) is 0 Å². The van der Waals surface area contributed by atoms with Gasteiger partial charge in [-0.05, 0) is 12.1 Å². The number of hydrogen-bond acceptors (Lipinski definition) is 4. The molecular weight excluding hydrogens is 282 g/mol. The van der Waals surface area contributed by atoms with E-state index in [9.17, 15) is 9.90 Å². The summed E-state index contributed by atoms with van der Waals surface area (Å²) in [6.07, 6.45) is 3.65. The number of carbonyl (C=O) groups is 1. The third kappa shape index (κ3) is 2.63. The first-order chi connectivity index (χ1) is 9.63. The van der Waals surface area contributed by atoms with Crippen LogP contribution in [0.1, 0.15) is 5.69 Å². The van der Waals surface area contributed by atoms with E-state index in [1.54, 1.807) is 12.3 Å². The van der Waals surface area contributed by atoms with Gasteiger partial charge in [0.15, 0.2) is 0 Å². The van der Waals surface area contributed by atoms with Crippen molar-refractivity contribution in [1.29, 1.82) is 0 Å². The highest BCUT2D eigenvalue weighted by atomic mass is 35.5. The molecule has 1 fully saturated rings. The molecule has 2 aromatic rings. The van der Waals surface area contributed by atoms with Crippen LogP contribution in [-0.2, 0) is 16.1 Å². The molecule has 7 heteroatoms. The lowest BCUT2D eigenvalue weighted by Crippen LogP contribution is -2.49. The number of halogens is 1. The summed E-state index contributed by atoms with van der Waals surface area (Å²) in [5, 5.41) is 9.83. The van der Waals surface area contributed by atoms with Gasteiger partial charge < -0.3 is 14.2 Å². The van der Waals surface area contributed by atoms with Crippen LogP contribution in [0, 0.1) is 0 Å². The number of rotatable bonds is 3. The maximum Gasteiger partial charge on any atom is 0.323 e. The van der Waals surface area contributed by atoms with Crippen LogP contribution < -0.4 is 0 Å². The summed E-state index contributed by atoms with van der Waals surface area (Å²) in [5.41, 5.74) is 1.62. The monoisotopic (exact) mass is 295 g/mol. The molecule has 0 aromatic carbocycles. The number of fused-ring (bicyclic) bond motifs is 1. The maximum absolute atomic E-state index is 11.2. The van der Waals surface area contributed by atoms with Crippen LogP contribution in [0.5, 0.6) is 0 Å². The minimum Gasteiger partial charge on any atom is -0.480 e. The smallest absolute Gasteiger partial charge is 0.323 e. The summed E-state index contributed by atoms with van der Waals surface area (Å²) in [6.45, 7) is 1.84. The Morgan fingerprint density at radius 2 is 2.35 bits per heavy atom. The molecule has 6 nitrogen and oxygen atoms in total.